The minimum absolute atomic E-state index is 0.000557. The lowest BCUT2D eigenvalue weighted by atomic mass is 10.0. The molecule has 0 saturated heterocycles. The standard InChI is InChI=1S/C25H19N7O3S3/c1-15(37-25-19(14-27)22(20-5-4-12-36-20)18(13-26)23(28)31-25)24(33)30-16-7-9-17(10-8-16)38(34,35)32-21-6-2-3-11-29-21/h2-12,15H,1H3,(H2,28,31)(H,29,32)(H,30,33). The molecule has 4 aromatic rings. The smallest absolute Gasteiger partial charge is 0.263 e. The Kier molecular flexibility index (Phi) is 7.93. The van der Waals surface area contributed by atoms with E-state index in [0.717, 1.165) is 11.8 Å². The second-order valence-corrected chi connectivity index (χ2v) is 11.7. The molecule has 1 atom stereocenters. The molecule has 0 aliphatic heterocycles. The molecule has 1 aromatic carbocycles. The van der Waals surface area contributed by atoms with Crippen molar-refractivity contribution < 1.29 is 13.2 Å². The Bertz CT molecular complexity index is 1660. The van der Waals surface area contributed by atoms with Crippen LogP contribution < -0.4 is 15.8 Å². The van der Waals surface area contributed by atoms with E-state index in [9.17, 15) is 23.7 Å². The predicted molar refractivity (Wildman–Crippen MR) is 147 cm³/mol. The molecule has 3 heterocycles. The van der Waals surface area contributed by atoms with Gasteiger partial charge >= 0.3 is 0 Å². The Balaban J connectivity index is 1.50. The van der Waals surface area contributed by atoms with Gasteiger partial charge in [-0.25, -0.2) is 18.4 Å². The van der Waals surface area contributed by atoms with Gasteiger partial charge in [-0.3, -0.25) is 9.52 Å². The number of hydrogen-bond acceptors (Lipinski definition) is 10. The number of amides is 1. The average Bonchev–Trinajstić information content (AvgIpc) is 3.43. The Morgan fingerprint density at radius 3 is 2.42 bits per heavy atom. The maximum atomic E-state index is 12.9. The number of benzene rings is 1. The fourth-order valence-electron chi connectivity index (χ4n) is 3.35. The Morgan fingerprint density at radius 2 is 1.82 bits per heavy atom. The first kappa shape index (κ1) is 26.6. The van der Waals surface area contributed by atoms with E-state index in [1.165, 1.54) is 47.9 Å². The quantitative estimate of drug-likeness (QED) is 0.262. The molecule has 4 N–H and O–H groups in total. The fraction of sp³-hybridized carbons (Fsp3) is 0.0800. The van der Waals surface area contributed by atoms with Gasteiger partial charge in [0.2, 0.25) is 5.91 Å². The summed E-state index contributed by atoms with van der Waals surface area (Å²) in [5.41, 5.74) is 7.07. The molecule has 0 aliphatic carbocycles. The van der Waals surface area contributed by atoms with Crippen molar-refractivity contribution in [2.24, 2.45) is 0 Å². The number of nitrogens with one attached hydrogen (secondary N) is 2. The normalized spacial score (nSPS) is 11.7. The molecule has 1 amide bonds. The second kappa shape index (κ2) is 11.3. The van der Waals surface area contributed by atoms with Gasteiger partial charge in [0.05, 0.1) is 15.7 Å². The average molecular weight is 562 g/mol. The molecular weight excluding hydrogens is 543 g/mol. The number of carbonyl (C=O) groups is 1. The Hall–Kier alpha value is -4.43. The highest BCUT2D eigenvalue weighted by Crippen LogP contribution is 2.38. The number of nitriles is 2. The van der Waals surface area contributed by atoms with Crippen molar-refractivity contribution in [2.45, 2.75) is 22.1 Å². The molecule has 0 spiro atoms. The van der Waals surface area contributed by atoms with Crippen LogP contribution in [0, 0.1) is 22.7 Å². The molecule has 0 saturated carbocycles. The van der Waals surface area contributed by atoms with Crippen molar-refractivity contribution in [3.05, 3.63) is 77.3 Å². The molecule has 3 aromatic heterocycles. The van der Waals surface area contributed by atoms with E-state index in [1.54, 1.807) is 31.2 Å². The Morgan fingerprint density at radius 1 is 1.08 bits per heavy atom. The van der Waals surface area contributed by atoms with Gasteiger partial charge in [0.15, 0.2) is 0 Å². The number of rotatable bonds is 8. The number of aromatic nitrogens is 2. The van der Waals surface area contributed by atoms with Crippen LogP contribution in [0.3, 0.4) is 0 Å². The van der Waals surface area contributed by atoms with Crippen LogP contribution in [0.4, 0.5) is 17.3 Å². The summed E-state index contributed by atoms with van der Waals surface area (Å²) in [5, 5.41) is 23.6. The number of thioether (sulfide) groups is 1. The molecule has 4 rings (SSSR count). The zero-order valence-electron chi connectivity index (χ0n) is 19.7. The first-order chi connectivity index (χ1) is 18.2. The third-order valence-electron chi connectivity index (χ3n) is 5.18. The summed E-state index contributed by atoms with van der Waals surface area (Å²) in [7, 11) is -3.86. The van der Waals surface area contributed by atoms with E-state index in [2.05, 4.69) is 26.1 Å². The number of nitrogens with two attached hydrogens (primary N) is 1. The summed E-state index contributed by atoms with van der Waals surface area (Å²) in [6.07, 6.45) is 1.47. The number of hydrogen-bond donors (Lipinski definition) is 3. The largest absolute Gasteiger partial charge is 0.383 e. The first-order valence-corrected chi connectivity index (χ1v) is 14.2. The number of anilines is 3. The molecule has 1 unspecified atom stereocenters. The van der Waals surface area contributed by atoms with E-state index in [4.69, 9.17) is 5.73 Å². The molecular formula is C25H19N7O3S3. The van der Waals surface area contributed by atoms with E-state index < -0.39 is 21.2 Å². The monoisotopic (exact) mass is 561 g/mol. The highest BCUT2D eigenvalue weighted by Gasteiger charge is 2.24. The lowest BCUT2D eigenvalue weighted by Gasteiger charge is -2.15. The summed E-state index contributed by atoms with van der Waals surface area (Å²) in [4.78, 5) is 21.8. The van der Waals surface area contributed by atoms with Gasteiger partial charge in [-0.15, -0.1) is 11.3 Å². The highest BCUT2D eigenvalue weighted by atomic mass is 32.2. The fourth-order valence-corrected chi connectivity index (χ4v) is 6.06. The number of thiophene rings is 1. The third-order valence-corrected chi connectivity index (χ3v) is 8.52. The van der Waals surface area contributed by atoms with Crippen LogP contribution >= 0.6 is 23.1 Å². The van der Waals surface area contributed by atoms with Gasteiger partial charge in [-0.1, -0.05) is 23.9 Å². The molecule has 13 heteroatoms. The summed E-state index contributed by atoms with van der Waals surface area (Å²) in [6, 6.07) is 18.2. The van der Waals surface area contributed by atoms with Crippen molar-refractivity contribution in [2.75, 3.05) is 15.8 Å². The van der Waals surface area contributed by atoms with E-state index in [1.807, 2.05) is 11.4 Å². The van der Waals surface area contributed by atoms with E-state index in [0.29, 0.717) is 16.1 Å². The van der Waals surface area contributed by atoms with Gasteiger partial charge in [0, 0.05) is 22.3 Å². The molecule has 10 nitrogen and oxygen atoms in total. The third kappa shape index (κ3) is 5.76. The van der Waals surface area contributed by atoms with Gasteiger partial charge < -0.3 is 11.1 Å². The number of nitrogen functional groups attached to an aromatic ring is 1. The van der Waals surface area contributed by atoms with E-state index in [-0.39, 0.29) is 32.7 Å². The minimum Gasteiger partial charge on any atom is -0.383 e. The molecule has 0 bridgehead atoms. The summed E-state index contributed by atoms with van der Waals surface area (Å²) < 4.78 is 27.6. The topological polar surface area (TPSA) is 175 Å². The minimum atomic E-state index is -3.86. The van der Waals surface area contributed by atoms with Crippen LogP contribution in [0.15, 0.2) is 76.1 Å². The summed E-state index contributed by atoms with van der Waals surface area (Å²) in [5.74, 6) is -0.239. The highest BCUT2D eigenvalue weighted by molar-refractivity contribution is 8.00. The Labute approximate surface area is 227 Å². The van der Waals surface area contributed by atoms with Crippen molar-refractivity contribution in [1.29, 1.82) is 10.5 Å². The van der Waals surface area contributed by atoms with Crippen molar-refractivity contribution in [1.82, 2.24) is 9.97 Å². The van der Waals surface area contributed by atoms with Gasteiger partial charge in [0.25, 0.3) is 10.0 Å². The van der Waals surface area contributed by atoms with Crippen LogP contribution in [0.25, 0.3) is 10.4 Å². The molecule has 0 aliphatic rings. The van der Waals surface area contributed by atoms with Crippen molar-refractivity contribution in [3.8, 4) is 22.6 Å². The number of sulfonamides is 1. The predicted octanol–water partition coefficient (Wildman–Crippen LogP) is 4.45. The maximum Gasteiger partial charge on any atom is 0.263 e. The SMILES string of the molecule is CC(Sc1nc(N)c(C#N)c(-c2cccs2)c1C#N)C(=O)Nc1ccc(S(=O)(=O)Nc2ccccn2)cc1. The molecule has 0 fully saturated rings. The molecule has 0 radical (unpaired) electrons. The number of carbonyl (C=O) groups excluding carboxylic acids is 1. The van der Waals surface area contributed by atoms with Crippen LogP contribution in [0.5, 0.6) is 0 Å². The van der Waals surface area contributed by atoms with Gasteiger partial charge in [0.1, 0.15) is 34.4 Å². The molecule has 190 valence electrons. The van der Waals surface area contributed by atoms with Gasteiger partial charge in [-0.2, -0.15) is 10.5 Å². The zero-order valence-corrected chi connectivity index (χ0v) is 22.2. The van der Waals surface area contributed by atoms with Gasteiger partial charge in [-0.05, 0) is 54.8 Å². The zero-order chi connectivity index (χ0) is 27.3. The maximum absolute atomic E-state index is 12.9. The van der Waals surface area contributed by atoms with Crippen molar-refractivity contribution >= 4 is 56.4 Å². The lowest BCUT2D eigenvalue weighted by Crippen LogP contribution is -2.23. The van der Waals surface area contributed by atoms with Crippen molar-refractivity contribution in [3.63, 3.8) is 0 Å². The second-order valence-electron chi connectivity index (χ2n) is 7.72. The summed E-state index contributed by atoms with van der Waals surface area (Å²) >= 11 is 2.39. The molecule has 38 heavy (non-hydrogen) atoms. The van der Waals surface area contributed by atoms with Crippen LogP contribution in [-0.4, -0.2) is 29.5 Å². The van der Waals surface area contributed by atoms with Crippen LogP contribution in [0.1, 0.15) is 18.1 Å². The lowest BCUT2D eigenvalue weighted by molar-refractivity contribution is -0.115. The first-order valence-electron chi connectivity index (χ1n) is 10.9. The number of pyridine rings is 2. The summed E-state index contributed by atoms with van der Waals surface area (Å²) in [6.45, 7) is 1.64. The van der Waals surface area contributed by atoms with E-state index >= 15 is 0 Å². The van der Waals surface area contributed by atoms with Crippen LogP contribution in [0.2, 0.25) is 0 Å². The van der Waals surface area contributed by atoms with Crippen LogP contribution in [-0.2, 0) is 14.8 Å². The number of nitrogens with zero attached hydrogens (tertiary/aromatic N) is 4.